The SMILES string of the molecule is O=C(/C=C\c1ccc(O)cc1)O[C@@H]1C[C@@]2(O)CO[C@H]3OCC[C@@H]1[C@H]32. The van der Waals surface area contributed by atoms with Crippen molar-refractivity contribution in [3.05, 3.63) is 35.9 Å². The van der Waals surface area contributed by atoms with Gasteiger partial charge in [-0.25, -0.2) is 4.79 Å². The molecule has 2 aliphatic heterocycles. The Bertz CT molecular complexity index is 654. The van der Waals surface area contributed by atoms with Gasteiger partial charge in [0.2, 0.25) is 0 Å². The van der Waals surface area contributed by atoms with Crippen molar-refractivity contribution in [2.75, 3.05) is 13.2 Å². The molecule has 0 aromatic heterocycles. The molecule has 1 aliphatic carbocycles. The van der Waals surface area contributed by atoms with Gasteiger partial charge in [0, 0.05) is 24.3 Å². The summed E-state index contributed by atoms with van der Waals surface area (Å²) in [5, 5.41) is 20.0. The van der Waals surface area contributed by atoms with Gasteiger partial charge >= 0.3 is 5.97 Å². The first-order chi connectivity index (χ1) is 11.5. The van der Waals surface area contributed by atoms with Crippen LogP contribution in [0, 0.1) is 11.8 Å². The molecule has 1 aromatic rings. The standard InChI is InChI=1S/C18H20O6/c19-12-4-1-11(2-5-12)3-6-15(20)24-14-9-18(21)10-23-17-16(18)13(14)7-8-22-17/h1-6,13-14,16-17,19,21H,7-10H2/b6-3-/t13-,14+,16+,17+,18+/m0/s1. The molecule has 3 aliphatic rings. The summed E-state index contributed by atoms with van der Waals surface area (Å²) < 4.78 is 16.7. The van der Waals surface area contributed by atoms with Crippen LogP contribution in [0.3, 0.4) is 0 Å². The summed E-state index contributed by atoms with van der Waals surface area (Å²) in [5.74, 6) is -0.301. The lowest BCUT2D eigenvalue weighted by molar-refractivity contribution is -0.180. The van der Waals surface area contributed by atoms with Gasteiger partial charge in [0.25, 0.3) is 0 Å². The number of esters is 1. The zero-order valence-electron chi connectivity index (χ0n) is 13.1. The largest absolute Gasteiger partial charge is 0.508 e. The number of rotatable bonds is 3. The lowest BCUT2D eigenvalue weighted by atomic mass is 9.84. The van der Waals surface area contributed by atoms with Crippen molar-refractivity contribution < 1.29 is 29.2 Å². The van der Waals surface area contributed by atoms with E-state index in [1.807, 2.05) is 0 Å². The summed E-state index contributed by atoms with van der Waals surface area (Å²) in [5.41, 5.74) is -0.160. The van der Waals surface area contributed by atoms with Crippen LogP contribution in [0.15, 0.2) is 30.3 Å². The predicted molar refractivity (Wildman–Crippen MR) is 83.9 cm³/mol. The molecule has 0 amide bonds. The Hall–Kier alpha value is -1.89. The van der Waals surface area contributed by atoms with Gasteiger partial charge in [-0.15, -0.1) is 0 Å². The number of aromatic hydroxyl groups is 1. The van der Waals surface area contributed by atoms with E-state index in [2.05, 4.69) is 0 Å². The molecule has 24 heavy (non-hydrogen) atoms. The Morgan fingerprint density at radius 2 is 2.08 bits per heavy atom. The maximum Gasteiger partial charge on any atom is 0.331 e. The van der Waals surface area contributed by atoms with Crippen LogP contribution in [0.2, 0.25) is 0 Å². The van der Waals surface area contributed by atoms with Gasteiger partial charge in [0.05, 0.1) is 18.8 Å². The van der Waals surface area contributed by atoms with Crippen LogP contribution < -0.4 is 0 Å². The fourth-order valence-corrected chi connectivity index (χ4v) is 4.11. The minimum Gasteiger partial charge on any atom is -0.508 e. The number of phenolic OH excluding ortho intramolecular Hbond substituents is 1. The number of hydrogen-bond acceptors (Lipinski definition) is 6. The van der Waals surface area contributed by atoms with Crippen molar-refractivity contribution in [1.29, 1.82) is 0 Å². The number of benzene rings is 1. The third-order valence-electron chi connectivity index (χ3n) is 5.21. The molecular weight excluding hydrogens is 312 g/mol. The van der Waals surface area contributed by atoms with E-state index in [1.165, 1.54) is 6.08 Å². The molecule has 2 saturated heterocycles. The number of phenols is 1. The lowest BCUT2D eigenvalue weighted by Gasteiger charge is -2.33. The van der Waals surface area contributed by atoms with Crippen LogP contribution in [-0.2, 0) is 19.0 Å². The minimum absolute atomic E-state index is 0.0715. The molecule has 2 N–H and O–H groups in total. The monoisotopic (exact) mass is 332 g/mol. The molecule has 128 valence electrons. The first-order valence-corrected chi connectivity index (χ1v) is 8.18. The van der Waals surface area contributed by atoms with E-state index in [4.69, 9.17) is 14.2 Å². The summed E-state index contributed by atoms with van der Waals surface area (Å²) >= 11 is 0. The molecule has 6 heteroatoms. The zero-order chi connectivity index (χ0) is 16.7. The number of ether oxygens (including phenoxy) is 3. The van der Waals surface area contributed by atoms with Crippen molar-refractivity contribution >= 4 is 12.0 Å². The highest BCUT2D eigenvalue weighted by molar-refractivity contribution is 5.87. The molecule has 2 heterocycles. The Balaban J connectivity index is 1.42. The summed E-state index contributed by atoms with van der Waals surface area (Å²) in [6.45, 7) is 0.787. The van der Waals surface area contributed by atoms with Crippen molar-refractivity contribution in [3.63, 3.8) is 0 Å². The fraction of sp³-hybridized carbons (Fsp3) is 0.500. The Morgan fingerprint density at radius 3 is 2.88 bits per heavy atom. The van der Waals surface area contributed by atoms with Gasteiger partial charge in [-0.3, -0.25) is 0 Å². The lowest BCUT2D eigenvalue weighted by Crippen LogP contribution is -2.41. The first-order valence-electron chi connectivity index (χ1n) is 8.18. The van der Waals surface area contributed by atoms with E-state index in [9.17, 15) is 15.0 Å². The third-order valence-corrected chi connectivity index (χ3v) is 5.21. The van der Waals surface area contributed by atoms with Crippen LogP contribution in [-0.4, -0.2) is 47.4 Å². The van der Waals surface area contributed by atoms with E-state index in [-0.39, 0.29) is 36.6 Å². The molecule has 1 aromatic carbocycles. The topological polar surface area (TPSA) is 85.2 Å². The van der Waals surface area contributed by atoms with Crippen LogP contribution in [0.1, 0.15) is 18.4 Å². The van der Waals surface area contributed by atoms with Gasteiger partial charge in [-0.2, -0.15) is 0 Å². The highest BCUT2D eigenvalue weighted by Gasteiger charge is 2.63. The summed E-state index contributed by atoms with van der Waals surface area (Å²) in [7, 11) is 0. The molecule has 4 rings (SSSR count). The predicted octanol–water partition coefficient (Wildman–Crippen LogP) is 1.46. The summed E-state index contributed by atoms with van der Waals surface area (Å²) in [6, 6.07) is 6.53. The second kappa shape index (κ2) is 5.88. The Morgan fingerprint density at radius 1 is 1.29 bits per heavy atom. The number of aliphatic hydroxyl groups is 1. The number of hydrogen-bond donors (Lipinski definition) is 2. The summed E-state index contributed by atoms with van der Waals surface area (Å²) in [6.07, 6.45) is 3.46. The normalized spacial score (nSPS) is 37.5. The van der Waals surface area contributed by atoms with Crippen LogP contribution in [0.25, 0.3) is 6.08 Å². The van der Waals surface area contributed by atoms with Crippen molar-refractivity contribution in [2.45, 2.75) is 30.8 Å². The average Bonchev–Trinajstić information content (AvgIpc) is 3.05. The molecule has 1 saturated carbocycles. The van der Waals surface area contributed by atoms with Gasteiger partial charge in [0.15, 0.2) is 6.29 Å². The average molecular weight is 332 g/mol. The molecule has 5 atom stereocenters. The summed E-state index contributed by atoms with van der Waals surface area (Å²) in [4.78, 5) is 12.1. The van der Waals surface area contributed by atoms with Gasteiger partial charge in [-0.05, 0) is 30.2 Å². The number of carbonyl (C=O) groups excluding carboxylic acids is 1. The molecule has 0 spiro atoms. The van der Waals surface area contributed by atoms with Crippen molar-refractivity contribution in [3.8, 4) is 5.75 Å². The van der Waals surface area contributed by atoms with Crippen molar-refractivity contribution in [2.24, 2.45) is 11.8 Å². The van der Waals surface area contributed by atoms with Crippen LogP contribution in [0.5, 0.6) is 5.75 Å². The fourth-order valence-electron chi connectivity index (χ4n) is 4.11. The van der Waals surface area contributed by atoms with Crippen LogP contribution in [0.4, 0.5) is 0 Å². The molecule has 0 bridgehead atoms. The van der Waals surface area contributed by atoms with Crippen molar-refractivity contribution in [1.82, 2.24) is 0 Å². The molecule has 0 radical (unpaired) electrons. The second-order valence-electron chi connectivity index (χ2n) is 6.74. The molecular formula is C18H20O6. The first kappa shape index (κ1) is 15.6. The van der Waals surface area contributed by atoms with Gasteiger partial charge in [0.1, 0.15) is 11.9 Å². The zero-order valence-corrected chi connectivity index (χ0v) is 13.1. The van der Waals surface area contributed by atoms with E-state index in [0.717, 1.165) is 12.0 Å². The molecule has 3 fully saturated rings. The van der Waals surface area contributed by atoms with Crippen LogP contribution >= 0.6 is 0 Å². The van der Waals surface area contributed by atoms with Gasteiger partial charge < -0.3 is 24.4 Å². The number of carbonyl (C=O) groups is 1. The van der Waals surface area contributed by atoms with E-state index in [0.29, 0.717) is 13.0 Å². The second-order valence-corrected chi connectivity index (χ2v) is 6.74. The Kier molecular flexibility index (Phi) is 3.83. The van der Waals surface area contributed by atoms with E-state index < -0.39 is 11.6 Å². The highest BCUT2D eigenvalue weighted by Crippen LogP contribution is 2.52. The van der Waals surface area contributed by atoms with Gasteiger partial charge in [-0.1, -0.05) is 12.1 Å². The molecule has 0 unspecified atom stereocenters. The highest BCUT2D eigenvalue weighted by atomic mass is 16.7. The maximum absolute atomic E-state index is 12.1. The van der Waals surface area contributed by atoms with E-state index >= 15 is 0 Å². The third kappa shape index (κ3) is 2.70. The smallest absolute Gasteiger partial charge is 0.331 e. The molecule has 6 nitrogen and oxygen atoms in total. The maximum atomic E-state index is 12.1. The van der Waals surface area contributed by atoms with E-state index in [1.54, 1.807) is 30.3 Å². The minimum atomic E-state index is -0.957. The quantitative estimate of drug-likeness (QED) is 0.644. The Labute approximate surface area is 139 Å².